The fourth-order valence-corrected chi connectivity index (χ4v) is 2.27. The van der Waals surface area contributed by atoms with E-state index in [2.05, 4.69) is 52.0 Å². The van der Waals surface area contributed by atoms with Gasteiger partial charge in [-0.25, -0.2) is 0 Å². The van der Waals surface area contributed by atoms with Gasteiger partial charge in [0.25, 0.3) is 0 Å². The molecule has 0 saturated carbocycles. The lowest BCUT2D eigenvalue weighted by Gasteiger charge is -2.20. The van der Waals surface area contributed by atoms with Gasteiger partial charge in [-0.1, -0.05) is 50.6 Å². The Balaban J connectivity index is 2.45. The predicted molar refractivity (Wildman–Crippen MR) is 76.9 cm³/mol. The number of hydrogen-bond acceptors (Lipinski definition) is 1. The monoisotopic (exact) mass is 240 g/mol. The Hall–Kier alpha value is -1.63. The Labute approximate surface area is 109 Å². The van der Waals surface area contributed by atoms with Crippen LogP contribution in [0, 0.1) is 0 Å². The Kier molecular flexibility index (Phi) is 3.25. The van der Waals surface area contributed by atoms with Gasteiger partial charge in [-0.05, 0) is 41.5 Å². The molecule has 1 aromatic rings. The first-order valence-corrected chi connectivity index (χ1v) is 6.39. The number of aldehydes is 1. The molecule has 0 aliphatic heterocycles. The average molecular weight is 240 g/mol. The van der Waals surface area contributed by atoms with E-state index in [4.69, 9.17) is 0 Å². The van der Waals surface area contributed by atoms with Crippen LogP contribution in [0.15, 0.2) is 35.9 Å². The summed E-state index contributed by atoms with van der Waals surface area (Å²) in [6.45, 7) is 8.59. The molecule has 0 unspecified atom stereocenters. The number of carbonyl (C=O) groups is 1. The number of rotatable bonds is 2. The summed E-state index contributed by atoms with van der Waals surface area (Å²) in [6, 6.07) is 6.25. The molecule has 0 N–H and O–H groups in total. The Morgan fingerprint density at radius 3 is 2.44 bits per heavy atom. The van der Waals surface area contributed by atoms with E-state index >= 15 is 0 Å². The lowest BCUT2D eigenvalue weighted by atomic mass is 9.84. The van der Waals surface area contributed by atoms with E-state index in [1.54, 1.807) is 0 Å². The van der Waals surface area contributed by atoms with Gasteiger partial charge in [-0.2, -0.15) is 0 Å². The van der Waals surface area contributed by atoms with E-state index in [-0.39, 0.29) is 5.41 Å². The lowest BCUT2D eigenvalue weighted by molar-refractivity contribution is 0.112. The highest BCUT2D eigenvalue weighted by atomic mass is 16.1. The van der Waals surface area contributed by atoms with Crippen molar-refractivity contribution in [3.8, 4) is 0 Å². The molecule has 1 aromatic carbocycles. The van der Waals surface area contributed by atoms with Crippen molar-refractivity contribution in [3.05, 3.63) is 52.6 Å². The van der Waals surface area contributed by atoms with Crippen molar-refractivity contribution in [1.29, 1.82) is 0 Å². The molecule has 0 saturated heterocycles. The first-order valence-electron chi connectivity index (χ1n) is 6.39. The standard InChI is InChI=1S/C17H20O/c1-12-5-6-13(9-12)16-8-7-15(17(2,3)4)10-14(16)11-18/h5,7-11H,6H2,1-4H3. The van der Waals surface area contributed by atoms with Crippen LogP contribution in [0.3, 0.4) is 0 Å². The largest absolute Gasteiger partial charge is 0.298 e. The predicted octanol–water partition coefficient (Wildman–Crippen LogP) is 4.53. The fraction of sp³-hybridized carbons (Fsp3) is 0.353. The van der Waals surface area contributed by atoms with Crippen LogP contribution in [-0.4, -0.2) is 6.29 Å². The zero-order chi connectivity index (χ0) is 13.3. The van der Waals surface area contributed by atoms with E-state index in [1.165, 1.54) is 16.7 Å². The highest BCUT2D eigenvalue weighted by molar-refractivity contribution is 5.87. The van der Waals surface area contributed by atoms with Crippen molar-refractivity contribution in [2.75, 3.05) is 0 Å². The maximum Gasteiger partial charge on any atom is 0.150 e. The summed E-state index contributed by atoms with van der Waals surface area (Å²) in [5.74, 6) is 0. The highest BCUT2D eigenvalue weighted by Crippen LogP contribution is 2.31. The summed E-state index contributed by atoms with van der Waals surface area (Å²) in [5.41, 5.74) is 5.69. The molecule has 0 aromatic heterocycles. The van der Waals surface area contributed by atoms with Gasteiger partial charge in [0.15, 0.2) is 6.29 Å². The molecule has 0 spiro atoms. The van der Waals surface area contributed by atoms with E-state index in [9.17, 15) is 4.79 Å². The zero-order valence-electron chi connectivity index (χ0n) is 11.6. The topological polar surface area (TPSA) is 17.1 Å². The van der Waals surface area contributed by atoms with Gasteiger partial charge in [0.05, 0.1) is 0 Å². The lowest BCUT2D eigenvalue weighted by Crippen LogP contribution is -2.11. The van der Waals surface area contributed by atoms with E-state index < -0.39 is 0 Å². The molecule has 1 heteroatoms. The van der Waals surface area contributed by atoms with Crippen molar-refractivity contribution in [3.63, 3.8) is 0 Å². The smallest absolute Gasteiger partial charge is 0.150 e. The van der Waals surface area contributed by atoms with Crippen LogP contribution >= 0.6 is 0 Å². The molecular formula is C17H20O. The van der Waals surface area contributed by atoms with Crippen LogP contribution in [0.5, 0.6) is 0 Å². The third kappa shape index (κ3) is 2.45. The van der Waals surface area contributed by atoms with E-state index in [0.717, 1.165) is 23.8 Å². The molecule has 94 valence electrons. The Morgan fingerprint density at radius 1 is 1.22 bits per heavy atom. The molecular weight excluding hydrogens is 220 g/mol. The van der Waals surface area contributed by atoms with Crippen LogP contribution in [-0.2, 0) is 5.41 Å². The maximum absolute atomic E-state index is 11.3. The normalized spacial score (nSPS) is 15.3. The molecule has 1 aliphatic carbocycles. The van der Waals surface area contributed by atoms with Crippen LogP contribution in [0.1, 0.15) is 55.6 Å². The summed E-state index contributed by atoms with van der Waals surface area (Å²) in [6.07, 6.45) is 6.27. The SMILES string of the molecule is CC1=CCC(c2ccc(C(C)(C)C)cc2C=O)=C1. The highest BCUT2D eigenvalue weighted by Gasteiger charge is 2.17. The first kappa shape index (κ1) is 12.8. The van der Waals surface area contributed by atoms with Gasteiger partial charge in [-0.3, -0.25) is 4.79 Å². The second-order valence-corrected chi connectivity index (χ2v) is 5.99. The fourth-order valence-electron chi connectivity index (χ4n) is 2.27. The van der Waals surface area contributed by atoms with Gasteiger partial charge in [0, 0.05) is 5.56 Å². The van der Waals surface area contributed by atoms with Crippen LogP contribution in [0.4, 0.5) is 0 Å². The minimum absolute atomic E-state index is 0.0779. The zero-order valence-corrected chi connectivity index (χ0v) is 11.6. The summed E-state index contributed by atoms with van der Waals surface area (Å²) in [5, 5.41) is 0. The Bertz CT molecular complexity index is 539. The summed E-state index contributed by atoms with van der Waals surface area (Å²) in [4.78, 5) is 11.3. The minimum atomic E-state index is 0.0779. The molecule has 1 aliphatic rings. The summed E-state index contributed by atoms with van der Waals surface area (Å²) < 4.78 is 0. The molecule has 0 bridgehead atoms. The summed E-state index contributed by atoms with van der Waals surface area (Å²) >= 11 is 0. The average Bonchev–Trinajstić information content (AvgIpc) is 2.73. The van der Waals surface area contributed by atoms with Crippen molar-refractivity contribution >= 4 is 11.9 Å². The molecule has 2 rings (SSSR count). The Morgan fingerprint density at radius 2 is 1.94 bits per heavy atom. The van der Waals surface area contributed by atoms with Crippen LogP contribution in [0.25, 0.3) is 5.57 Å². The van der Waals surface area contributed by atoms with Crippen molar-refractivity contribution in [2.24, 2.45) is 0 Å². The first-order chi connectivity index (χ1) is 8.41. The van der Waals surface area contributed by atoms with Crippen molar-refractivity contribution < 1.29 is 4.79 Å². The third-order valence-corrected chi connectivity index (χ3v) is 3.44. The molecule has 1 nitrogen and oxygen atoms in total. The van der Waals surface area contributed by atoms with Gasteiger partial charge < -0.3 is 0 Å². The minimum Gasteiger partial charge on any atom is -0.298 e. The molecule has 18 heavy (non-hydrogen) atoms. The number of allylic oxidation sites excluding steroid dienone is 4. The van der Waals surface area contributed by atoms with Gasteiger partial charge in [0.1, 0.15) is 0 Å². The second kappa shape index (κ2) is 4.56. The van der Waals surface area contributed by atoms with Gasteiger partial charge >= 0.3 is 0 Å². The van der Waals surface area contributed by atoms with Crippen molar-refractivity contribution in [2.45, 2.75) is 39.5 Å². The van der Waals surface area contributed by atoms with Crippen LogP contribution < -0.4 is 0 Å². The number of carbonyl (C=O) groups excluding carboxylic acids is 1. The van der Waals surface area contributed by atoms with Crippen LogP contribution in [0.2, 0.25) is 0 Å². The maximum atomic E-state index is 11.3. The van der Waals surface area contributed by atoms with E-state index in [0.29, 0.717) is 0 Å². The van der Waals surface area contributed by atoms with E-state index in [1.807, 2.05) is 6.07 Å². The number of benzene rings is 1. The molecule has 0 amide bonds. The summed E-state index contributed by atoms with van der Waals surface area (Å²) in [7, 11) is 0. The second-order valence-electron chi connectivity index (χ2n) is 5.99. The molecule has 0 atom stereocenters. The van der Waals surface area contributed by atoms with Crippen molar-refractivity contribution in [1.82, 2.24) is 0 Å². The van der Waals surface area contributed by atoms with Gasteiger partial charge in [-0.15, -0.1) is 0 Å². The molecule has 0 fully saturated rings. The molecule has 0 heterocycles. The quantitative estimate of drug-likeness (QED) is 0.694. The number of hydrogen-bond donors (Lipinski definition) is 0. The third-order valence-electron chi connectivity index (χ3n) is 3.44. The van der Waals surface area contributed by atoms with Gasteiger partial charge in [0.2, 0.25) is 0 Å². The molecule has 0 radical (unpaired) electrons.